The lowest BCUT2D eigenvalue weighted by molar-refractivity contribution is -0.128. The predicted octanol–water partition coefficient (Wildman–Crippen LogP) is 2.95. The van der Waals surface area contributed by atoms with Crippen LogP contribution in [0.1, 0.15) is 12.0 Å². The molecule has 0 radical (unpaired) electrons. The number of rotatable bonds is 3. The van der Waals surface area contributed by atoms with Crippen molar-refractivity contribution in [3.63, 3.8) is 0 Å². The molecular formula is C21H22N4O2S. The number of hydrogen-bond acceptors (Lipinski definition) is 6. The Morgan fingerprint density at radius 1 is 1.14 bits per heavy atom. The Morgan fingerprint density at radius 3 is 2.93 bits per heavy atom. The molecule has 144 valence electrons. The van der Waals surface area contributed by atoms with Gasteiger partial charge in [0.1, 0.15) is 12.1 Å². The third-order valence-electron chi connectivity index (χ3n) is 5.59. The number of hydrogen-bond donors (Lipinski definition) is 0. The summed E-state index contributed by atoms with van der Waals surface area (Å²) in [5, 5.41) is 2.05. The molecule has 4 heterocycles. The van der Waals surface area contributed by atoms with Gasteiger partial charge in [-0.25, -0.2) is 9.97 Å². The van der Waals surface area contributed by atoms with Gasteiger partial charge < -0.3 is 14.5 Å². The van der Waals surface area contributed by atoms with Crippen LogP contribution in [0.5, 0.6) is 0 Å². The highest BCUT2D eigenvalue weighted by atomic mass is 32.1. The van der Waals surface area contributed by atoms with Crippen LogP contribution < -0.4 is 4.90 Å². The number of ether oxygens (including phenoxy) is 1. The molecule has 1 spiro atoms. The summed E-state index contributed by atoms with van der Waals surface area (Å²) in [6, 6.07) is 12.2. The Bertz CT molecular complexity index is 992. The zero-order chi connectivity index (χ0) is 19.0. The van der Waals surface area contributed by atoms with Crippen LogP contribution in [0.15, 0.2) is 48.1 Å². The molecule has 3 aromatic rings. The van der Waals surface area contributed by atoms with Gasteiger partial charge in [-0.2, -0.15) is 0 Å². The summed E-state index contributed by atoms with van der Waals surface area (Å²) in [6.45, 7) is 4.18. The largest absolute Gasteiger partial charge is 0.379 e. The van der Waals surface area contributed by atoms with E-state index in [1.165, 1.54) is 0 Å². The van der Waals surface area contributed by atoms with Crippen molar-refractivity contribution in [2.24, 2.45) is 5.41 Å². The second-order valence-electron chi connectivity index (χ2n) is 7.72. The average Bonchev–Trinajstić information content (AvgIpc) is 3.23. The summed E-state index contributed by atoms with van der Waals surface area (Å²) in [5.41, 5.74) is 1.94. The van der Waals surface area contributed by atoms with Gasteiger partial charge in [-0.15, -0.1) is 11.3 Å². The topological polar surface area (TPSA) is 58.6 Å². The summed E-state index contributed by atoms with van der Waals surface area (Å²) < 4.78 is 7.07. The Morgan fingerprint density at radius 2 is 2.04 bits per heavy atom. The number of benzene rings is 1. The van der Waals surface area contributed by atoms with Crippen molar-refractivity contribution >= 4 is 33.3 Å². The molecule has 0 aliphatic carbocycles. The fraction of sp³-hybridized carbons (Fsp3) is 0.381. The quantitative estimate of drug-likeness (QED) is 0.684. The van der Waals surface area contributed by atoms with Crippen LogP contribution in [-0.2, 0) is 16.1 Å². The number of amides is 1. The summed E-state index contributed by atoms with van der Waals surface area (Å²) in [5.74, 6) is 1.16. The van der Waals surface area contributed by atoms with Crippen molar-refractivity contribution < 1.29 is 9.53 Å². The molecule has 1 unspecified atom stereocenters. The van der Waals surface area contributed by atoms with E-state index in [0.717, 1.165) is 41.2 Å². The molecule has 6 nitrogen and oxygen atoms in total. The van der Waals surface area contributed by atoms with Crippen molar-refractivity contribution in [3.05, 3.63) is 53.7 Å². The van der Waals surface area contributed by atoms with Crippen LogP contribution in [0.25, 0.3) is 10.2 Å². The zero-order valence-corrected chi connectivity index (χ0v) is 16.4. The van der Waals surface area contributed by atoms with E-state index in [9.17, 15) is 4.79 Å². The monoisotopic (exact) mass is 394 g/mol. The number of likely N-dealkylation sites (tertiary alicyclic amines) is 1. The van der Waals surface area contributed by atoms with Crippen molar-refractivity contribution in [1.82, 2.24) is 14.9 Å². The molecule has 0 N–H and O–H groups in total. The number of aromatic nitrogens is 2. The zero-order valence-electron chi connectivity index (χ0n) is 15.6. The van der Waals surface area contributed by atoms with Crippen LogP contribution >= 0.6 is 11.3 Å². The third-order valence-corrected chi connectivity index (χ3v) is 6.49. The molecular weight excluding hydrogens is 372 g/mol. The lowest BCUT2D eigenvalue weighted by atomic mass is 9.87. The van der Waals surface area contributed by atoms with Gasteiger partial charge in [-0.05, 0) is 17.0 Å². The normalized spacial score (nSPS) is 22.9. The number of nitrogens with zero attached hydrogens (tertiary/aromatic N) is 4. The molecule has 0 bridgehead atoms. The first kappa shape index (κ1) is 17.6. The second-order valence-corrected chi connectivity index (χ2v) is 8.63. The fourth-order valence-corrected chi connectivity index (χ4v) is 5.17. The van der Waals surface area contributed by atoms with Crippen LogP contribution in [0.2, 0.25) is 0 Å². The number of anilines is 1. The molecule has 2 saturated heterocycles. The van der Waals surface area contributed by atoms with E-state index in [0.29, 0.717) is 26.2 Å². The van der Waals surface area contributed by atoms with E-state index >= 15 is 0 Å². The highest BCUT2D eigenvalue weighted by molar-refractivity contribution is 7.17. The van der Waals surface area contributed by atoms with E-state index in [4.69, 9.17) is 4.74 Å². The molecule has 1 amide bonds. The van der Waals surface area contributed by atoms with E-state index in [-0.39, 0.29) is 11.3 Å². The molecule has 2 aliphatic rings. The minimum Gasteiger partial charge on any atom is -0.379 e. The van der Waals surface area contributed by atoms with Gasteiger partial charge in [0.25, 0.3) is 0 Å². The summed E-state index contributed by atoms with van der Waals surface area (Å²) >= 11 is 1.66. The minimum atomic E-state index is -0.198. The molecule has 7 heteroatoms. The first-order valence-electron chi connectivity index (χ1n) is 9.55. The molecule has 2 fully saturated rings. The first-order valence-corrected chi connectivity index (χ1v) is 10.4. The van der Waals surface area contributed by atoms with Gasteiger partial charge in [0, 0.05) is 38.0 Å². The highest BCUT2D eigenvalue weighted by Crippen LogP contribution is 2.37. The second kappa shape index (κ2) is 7.14. The van der Waals surface area contributed by atoms with Crippen molar-refractivity contribution in [2.45, 2.75) is 13.0 Å². The Balaban J connectivity index is 1.40. The average molecular weight is 395 g/mol. The standard InChI is InChI=1S/C21H22N4O2S/c26-18-10-21(13-25(18)11-16-4-2-1-3-5-16)12-24(7-8-27-14-21)20-19-17(6-9-28-19)22-15-23-20/h1-6,9,15H,7-8,10-14H2. The van der Waals surface area contributed by atoms with Crippen LogP contribution in [-0.4, -0.2) is 53.6 Å². The van der Waals surface area contributed by atoms with E-state index in [1.807, 2.05) is 34.5 Å². The molecule has 0 saturated carbocycles. The lowest BCUT2D eigenvalue weighted by Gasteiger charge is -2.32. The lowest BCUT2D eigenvalue weighted by Crippen LogP contribution is -2.41. The van der Waals surface area contributed by atoms with Gasteiger partial charge in [0.05, 0.1) is 23.4 Å². The molecule has 1 atom stereocenters. The van der Waals surface area contributed by atoms with Crippen LogP contribution in [0.4, 0.5) is 5.82 Å². The van der Waals surface area contributed by atoms with Crippen LogP contribution in [0, 0.1) is 5.41 Å². The SMILES string of the molecule is O=C1CC2(COCCN(c3ncnc4ccsc34)C2)CN1Cc1ccccc1. The minimum absolute atomic E-state index is 0.198. The highest BCUT2D eigenvalue weighted by Gasteiger charge is 2.45. The molecule has 2 aliphatic heterocycles. The molecule has 28 heavy (non-hydrogen) atoms. The summed E-state index contributed by atoms with van der Waals surface area (Å²) in [4.78, 5) is 26.0. The van der Waals surface area contributed by atoms with Gasteiger partial charge in [0.15, 0.2) is 0 Å². The van der Waals surface area contributed by atoms with Gasteiger partial charge >= 0.3 is 0 Å². The number of carbonyl (C=O) groups excluding carboxylic acids is 1. The van der Waals surface area contributed by atoms with E-state index in [1.54, 1.807) is 17.7 Å². The Hall–Kier alpha value is -2.51. The number of fused-ring (bicyclic) bond motifs is 1. The maximum Gasteiger partial charge on any atom is 0.223 e. The maximum atomic E-state index is 12.8. The first-order chi connectivity index (χ1) is 13.7. The van der Waals surface area contributed by atoms with Crippen molar-refractivity contribution in [1.29, 1.82) is 0 Å². The number of thiophene rings is 1. The van der Waals surface area contributed by atoms with Crippen molar-refractivity contribution in [2.75, 3.05) is 37.7 Å². The molecule has 5 rings (SSSR count). The molecule has 2 aromatic heterocycles. The van der Waals surface area contributed by atoms with E-state index in [2.05, 4.69) is 27.0 Å². The van der Waals surface area contributed by atoms with Crippen molar-refractivity contribution in [3.8, 4) is 0 Å². The molecule has 1 aromatic carbocycles. The van der Waals surface area contributed by atoms with Crippen LogP contribution in [0.3, 0.4) is 0 Å². The third kappa shape index (κ3) is 3.25. The fourth-order valence-electron chi connectivity index (χ4n) is 4.31. The maximum absolute atomic E-state index is 12.8. The number of carbonyl (C=O) groups is 1. The summed E-state index contributed by atoms with van der Waals surface area (Å²) in [6.07, 6.45) is 2.15. The summed E-state index contributed by atoms with van der Waals surface area (Å²) in [7, 11) is 0. The Kier molecular flexibility index (Phi) is 4.49. The predicted molar refractivity (Wildman–Crippen MR) is 109 cm³/mol. The van der Waals surface area contributed by atoms with Gasteiger partial charge in [0.2, 0.25) is 5.91 Å². The Labute approximate surface area is 167 Å². The van der Waals surface area contributed by atoms with E-state index < -0.39 is 0 Å². The smallest absolute Gasteiger partial charge is 0.223 e. The van der Waals surface area contributed by atoms with Gasteiger partial charge in [-0.3, -0.25) is 4.79 Å². The van der Waals surface area contributed by atoms with Gasteiger partial charge in [-0.1, -0.05) is 30.3 Å².